The van der Waals surface area contributed by atoms with E-state index in [0.717, 1.165) is 32.0 Å². The van der Waals surface area contributed by atoms with Gasteiger partial charge in [0.25, 0.3) is 0 Å². The molecular formula is C16H25ClN4O2. The van der Waals surface area contributed by atoms with E-state index in [2.05, 4.69) is 29.1 Å². The van der Waals surface area contributed by atoms with Crippen molar-refractivity contribution >= 4 is 23.2 Å². The maximum absolute atomic E-state index is 6.09. The minimum Gasteiger partial charge on any atom is -0.495 e. The normalized spacial score (nSPS) is 18.7. The van der Waals surface area contributed by atoms with E-state index in [4.69, 9.17) is 26.8 Å². The van der Waals surface area contributed by atoms with Crippen molar-refractivity contribution < 1.29 is 9.47 Å². The van der Waals surface area contributed by atoms with Gasteiger partial charge >= 0.3 is 0 Å². The van der Waals surface area contributed by atoms with Gasteiger partial charge in [0.15, 0.2) is 5.96 Å². The summed E-state index contributed by atoms with van der Waals surface area (Å²) in [5.41, 5.74) is 6.75. The smallest absolute Gasteiger partial charge is 0.193 e. The molecule has 7 heteroatoms. The number of nitrogens with one attached hydrogen (secondary N) is 1. The van der Waals surface area contributed by atoms with E-state index < -0.39 is 0 Å². The monoisotopic (exact) mass is 340 g/mol. The Balaban J connectivity index is 1.87. The summed E-state index contributed by atoms with van der Waals surface area (Å²) in [7, 11) is 1.58. The Kier molecular flexibility index (Phi) is 6.10. The highest BCUT2D eigenvalue weighted by atomic mass is 35.5. The first kappa shape index (κ1) is 17.8. The Morgan fingerprint density at radius 2 is 2.30 bits per heavy atom. The molecule has 6 nitrogen and oxygen atoms in total. The first-order valence-electron chi connectivity index (χ1n) is 7.65. The van der Waals surface area contributed by atoms with Gasteiger partial charge in [-0.3, -0.25) is 9.89 Å². The van der Waals surface area contributed by atoms with Crippen molar-refractivity contribution in [3.8, 4) is 5.75 Å². The van der Waals surface area contributed by atoms with E-state index in [1.165, 1.54) is 0 Å². The molecule has 0 amide bonds. The minimum atomic E-state index is 0.0411. The lowest BCUT2D eigenvalue weighted by molar-refractivity contribution is -0.0491. The molecule has 1 aromatic carbocycles. The van der Waals surface area contributed by atoms with Crippen LogP contribution in [0.5, 0.6) is 5.75 Å². The van der Waals surface area contributed by atoms with E-state index in [1.807, 2.05) is 6.07 Å². The first-order valence-corrected chi connectivity index (χ1v) is 8.03. The van der Waals surface area contributed by atoms with Crippen LogP contribution < -0.4 is 15.8 Å². The largest absolute Gasteiger partial charge is 0.495 e. The fraction of sp³-hybridized carbons (Fsp3) is 0.562. The Morgan fingerprint density at radius 3 is 2.96 bits per heavy atom. The fourth-order valence-electron chi connectivity index (χ4n) is 2.53. The topological polar surface area (TPSA) is 72.1 Å². The van der Waals surface area contributed by atoms with Gasteiger partial charge in [-0.1, -0.05) is 11.6 Å². The van der Waals surface area contributed by atoms with Crippen molar-refractivity contribution in [3.05, 3.63) is 23.2 Å². The third-order valence-electron chi connectivity index (χ3n) is 3.89. The zero-order valence-corrected chi connectivity index (χ0v) is 14.7. The molecular weight excluding hydrogens is 316 g/mol. The van der Waals surface area contributed by atoms with Crippen molar-refractivity contribution in [2.45, 2.75) is 19.4 Å². The van der Waals surface area contributed by atoms with Crippen LogP contribution in [-0.2, 0) is 4.74 Å². The molecule has 3 N–H and O–H groups in total. The summed E-state index contributed by atoms with van der Waals surface area (Å²) < 4.78 is 10.6. The van der Waals surface area contributed by atoms with Crippen LogP contribution >= 0.6 is 11.6 Å². The van der Waals surface area contributed by atoms with Crippen LogP contribution in [0.2, 0.25) is 5.02 Å². The molecule has 0 radical (unpaired) electrons. The number of hydrogen-bond acceptors (Lipinski definition) is 4. The van der Waals surface area contributed by atoms with Gasteiger partial charge in [0, 0.05) is 24.3 Å². The lowest BCUT2D eigenvalue weighted by Gasteiger charge is -2.41. The van der Waals surface area contributed by atoms with E-state index in [9.17, 15) is 0 Å². The number of nitrogens with two attached hydrogens (primary N) is 1. The summed E-state index contributed by atoms with van der Waals surface area (Å²) in [6.45, 7) is 8.27. The Labute approximate surface area is 142 Å². The number of benzene rings is 1. The molecule has 1 fully saturated rings. The maximum Gasteiger partial charge on any atom is 0.193 e. The Morgan fingerprint density at radius 1 is 1.52 bits per heavy atom. The number of rotatable bonds is 5. The SMILES string of the molecule is COc1ccc(NC(N)=NCCN2CCOCC2(C)C)cc1Cl. The van der Waals surface area contributed by atoms with Crippen molar-refractivity contribution in [3.63, 3.8) is 0 Å². The summed E-state index contributed by atoms with van der Waals surface area (Å²) in [5, 5.41) is 3.57. The number of ether oxygens (including phenoxy) is 2. The molecule has 1 aromatic rings. The molecule has 1 aliphatic heterocycles. The van der Waals surface area contributed by atoms with E-state index in [-0.39, 0.29) is 5.54 Å². The zero-order chi connectivity index (χ0) is 16.9. The second-order valence-corrected chi connectivity index (χ2v) is 6.50. The van der Waals surface area contributed by atoms with Crippen molar-refractivity contribution in [2.75, 3.05) is 45.3 Å². The first-order chi connectivity index (χ1) is 10.9. The summed E-state index contributed by atoms with van der Waals surface area (Å²) in [6.07, 6.45) is 0. The van der Waals surface area contributed by atoms with Gasteiger partial charge < -0.3 is 20.5 Å². The van der Waals surface area contributed by atoms with Crippen LogP contribution in [0.1, 0.15) is 13.8 Å². The maximum atomic E-state index is 6.09. The van der Waals surface area contributed by atoms with Gasteiger partial charge in [-0.25, -0.2) is 0 Å². The zero-order valence-electron chi connectivity index (χ0n) is 13.9. The second-order valence-electron chi connectivity index (χ2n) is 6.09. The highest BCUT2D eigenvalue weighted by molar-refractivity contribution is 6.32. The highest BCUT2D eigenvalue weighted by Crippen LogP contribution is 2.27. The molecule has 1 saturated heterocycles. The van der Waals surface area contributed by atoms with Crippen LogP contribution in [0.15, 0.2) is 23.2 Å². The number of morpholine rings is 1. The molecule has 1 aliphatic rings. The molecule has 0 spiro atoms. The summed E-state index contributed by atoms with van der Waals surface area (Å²) in [4.78, 5) is 6.75. The van der Waals surface area contributed by atoms with Gasteiger partial charge in [0.2, 0.25) is 0 Å². The van der Waals surface area contributed by atoms with E-state index in [0.29, 0.717) is 23.3 Å². The highest BCUT2D eigenvalue weighted by Gasteiger charge is 2.29. The molecule has 1 heterocycles. The average Bonchev–Trinajstić information content (AvgIpc) is 2.49. The number of guanidine groups is 1. The number of aliphatic imine (C=N–C) groups is 1. The van der Waals surface area contributed by atoms with Crippen LogP contribution in [0, 0.1) is 0 Å². The molecule has 23 heavy (non-hydrogen) atoms. The summed E-state index contributed by atoms with van der Waals surface area (Å²) >= 11 is 6.09. The Hall–Kier alpha value is -1.50. The lowest BCUT2D eigenvalue weighted by Crippen LogP contribution is -2.53. The van der Waals surface area contributed by atoms with E-state index >= 15 is 0 Å². The number of methoxy groups -OCH3 is 1. The second kappa shape index (κ2) is 7.86. The minimum absolute atomic E-state index is 0.0411. The third-order valence-corrected chi connectivity index (χ3v) is 4.19. The molecule has 0 unspecified atom stereocenters. The van der Waals surface area contributed by atoms with Gasteiger partial charge in [-0.15, -0.1) is 0 Å². The number of hydrogen-bond donors (Lipinski definition) is 2. The quantitative estimate of drug-likeness (QED) is 0.635. The molecule has 128 valence electrons. The predicted molar refractivity (Wildman–Crippen MR) is 94.6 cm³/mol. The van der Waals surface area contributed by atoms with Crippen molar-refractivity contribution in [1.82, 2.24) is 4.90 Å². The molecule has 2 rings (SSSR count). The van der Waals surface area contributed by atoms with Gasteiger partial charge in [0.05, 0.1) is 31.9 Å². The number of nitrogens with zero attached hydrogens (tertiary/aromatic N) is 2. The van der Waals surface area contributed by atoms with Crippen LogP contribution in [-0.4, -0.2) is 56.4 Å². The molecule has 0 bridgehead atoms. The molecule has 0 aliphatic carbocycles. The Bertz CT molecular complexity index is 563. The van der Waals surface area contributed by atoms with E-state index in [1.54, 1.807) is 19.2 Å². The lowest BCUT2D eigenvalue weighted by atomic mass is 10.0. The van der Waals surface area contributed by atoms with Crippen LogP contribution in [0.3, 0.4) is 0 Å². The molecule has 0 saturated carbocycles. The van der Waals surface area contributed by atoms with Gasteiger partial charge in [-0.05, 0) is 32.0 Å². The fourth-order valence-corrected chi connectivity index (χ4v) is 2.79. The summed E-state index contributed by atoms with van der Waals surface area (Å²) in [6, 6.07) is 5.39. The molecule has 0 aromatic heterocycles. The van der Waals surface area contributed by atoms with Crippen LogP contribution in [0.25, 0.3) is 0 Å². The number of halogens is 1. The average molecular weight is 341 g/mol. The summed E-state index contributed by atoms with van der Waals surface area (Å²) in [5.74, 6) is 1.000. The van der Waals surface area contributed by atoms with Gasteiger partial charge in [0.1, 0.15) is 5.75 Å². The third kappa shape index (κ3) is 4.99. The van der Waals surface area contributed by atoms with Gasteiger partial charge in [-0.2, -0.15) is 0 Å². The van der Waals surface area contributed by atoms with Crippen molar-refractivity contribution in [2.24, 2.45) is 10.7 Å². The van der Waals surface area contributed by atoms with Crippen molar-refractivity contribution in [1.29, 1.82) is 0 Å². The number of anilines is 1. The molecule has 0 atom stereocenters. The standard InChI is InChI=1S/C16H25ClN4O2/c1-16(2)11-23-9-8-21(16)7-6-19-15(18)20-12-4-5-14(22-3)13(17)10-12/h4-5,10H,6-9,11H2,1-3H3,(H3,18,19,20). The van der Waals surface area contributed by atoms with Crippen LogP contribution in [0.4, 0.5) is 5.69 Å². The predicted octanol–water partition coefficient (Wildman–Crippen LogP) is 2.19.